The molecule has 0 fully saturated rings. The van der Waals surface area contributed by atoms with Crippen LogP contribution in [0, 0.1) is 0 Å². The molecule has 0 spiro atoms. The van der Waals surface area contributed by atoms with Gasteiger partial charge in [-0.1, -0.05) is 24.3 Å². The van der Waals surface area contributed by atoms with Crippen LogP contribution in [0.5, 0.6) is 11.5 Å². The van der Waals surface area contributed by atoms with Crippen LogP contribution in [0.4, 0.5) is 0 Å². The lowest BCUT2D eigenvalue weighted by Gasteiger charge is -2.10. The number of aromatic nitrogens is 2. The molecule has 28 heavy (non-hydrogen) atoms. The molecule has 1 amide bonds. The van der Waals surface area contributed by atoms with Crippen LogP contribution in [0.1, 0.15) is 17.9 Å². The van der Waals surface area contributed by atoms with Gasteiger partial charge in [0.2, 0.25) is 17.7 Å². The van der Waals surface area contributed by atoms with Crippen LogP contribution in [0.2, 0.25) is 0 Å². The van der Waals surface area contributed by atoms with Crippen molar-refractivity contribution in [2.24, 2.45) is 0 Å². The molecule has 0 atom stereocenters. The minimum Gasteiger partial charge on any atom is -0.493 e. The van der Waals surface area contributed by atoms with Gasteiger partial charge in [-0.2, -0.15) is 0 Å². The number of methoxy groups -OCH3 is 2. The topological polar surface area (TPSA) is 86.5 Å². The van der Waals surface area contributed by atoms with Crippen LogP contribution in [0.25, 0.3) is 11.5 Å². The summed E-state index contributed by atoms with van der Waals surface area (Å²) in [6.07, 6.45) is 1.40. The van der Waals surface area contributed by atoms with E-state index in [1.54, 1.807) is 14.2 Å². The lowest BCUT2D eigenvalue weighted by Crippen LogP contribution is -2.25. The molecule has 0 aliphatic heterocycles. The first kappa shape index (κ1) is 19.4. The van der Waals surface area contributed by atoms with Crippen molar-refractivity contribution in [1.82, 2.24) is 15.5 Å². The lowest BCUT2D eigenvalue weighted by molar-refractivity contribution is -0.121. The Hall–Kier alpha value is -3.35. The number of nitrogens with zero attached hydrogens (tertiary/aromatic N) is 2. The summed E-state index contributed by atoms with van der Waals surface area (Å²) >= 11 is 0. The lowest BCUT2D eigenvalue weighted by atomic mass is 10.1. The predicted octanol–water partition coefficient (Wildman–Crippen LogP) is 3.05. The Kier molecular flexibility index (Phi) is 6.62. The SMILES string of the molecule is COc1ccc(CCNC(=O)CCc2nnc(-c3ccccc3)o2)cc1OC. The van der Waals surface area contributed by atoms with E-state index in [0.29, 0.717) is 49.1 Å². The van der Waals surface area contributed by atoms with Crippen LogP contribution in [-0.4, -0.2) is 36.9 Å². The molecule has 146 valence electrons. The maximum Gasteiger partial charge on any atom is 0.247 e. The summed E-state index contributed by atoms with van der Waals surface area (Å²) in [7, 11) is 3.20. The van der Waals surface area contributed by atoms with Crippen molar-refractivity contribution in [3.63, 3.8) is 0 Å². The van der Waals surface area contributed by atoms with Crippen LogP contribution in [0.3, 0.4) is 0 Å². The van der Waals surface area contributed by atoms with Gasteiger partial charge in [0.1, 0.15) is 0 Å². The van der Waals surface area contributed by atoms with Crippen molar-refractivity contribution >= 4 is 5.91 Å². The summed E-state index contributed by atoms with van der Waals surface area (Å²) < 4.78 is 16.1. The van der Waals surface area contributed by atoms with E-state index in [4.69, 9.17) is 13.9 Å². The normalized spacial score (nSPS) is 10.5. The molecule has 1 N–H and O–H groups in total. The van der Waals surface area contributed by atoms with Gasteiger partial charge in [0, 0.05) is 24.9 Å². The number of benzene rings is 2. The number of nitrogens with one attached hydrogen (secondary N) is 1. The first-order chi connectivity index (χ1) is 13.7. The molecule has 1 heterocycles. The number of carbonyl (C=O) groups is 1. The van der Waals surface area contributed by atoms with E-state index >= 15 is 0 Å². The van der Waals surface area contributed by atoms with E-state index in [2.05, 4.69) is 15.5 Å². The fourth-order valence-corrected chi connectivity index (χ4v) is 2.74. The van der Waals surface area contributed by atoms with Gasteiger partial charge in [-0.05, 0) is 36.2 Å². The molecule has 0 saturated heterocycles. The maximum absolute atomic E-state index is 12.1. The average molecular weight is 381 g/mol. The maximum atomic E-state index is 12.1. The van der Waals surface area contributed by atoms with E-state index in [9.17, 15) is 4.79 Å². The Morgan fingerprint density at radius 2 is 1.79 bits per heavy atom. The summed E-state index contributed by atoms with van der Waals surface area (Å²) in [5.41, 5.74) is 1.92. The van der Waals surface area contributed by atoms with Crippen molar-refractivity contribution in [3.8, 4) is 23.0 Å². The first-order valence-electron chi connectivity index (χ1n) is 9.05. The Morgan fingerprint density at radius 1 is 1.00 bits per heavy atom. The standard InChI is InChI=1S/C21H23N3O4/c1-26-17-9-8-15(14-18(17)27-2)12-13-22-19(25)10-11-20-23-24-21(28-20)16-6-4-3-5-7-16/h3-9,14H,10-13H2,1-2H3,(H,22,25). The fraction of sp³-hybridized carbons (Fsp3) is 0.286. The average Bonchev–Trinajstić information content (AvgIpc) is 3.22. The number of hydrogen-bond acceptors (Lipinski definition) is 6. The highest BCUT2D eigenvalue weighted by molar-refractivity contribution is 5.76. The second-order valence-electron chi connectivity index (χ2n) is 6.16. The third-order valence-corrected chi connectivity index (χ3v) is 4.24. The summed E-state index contributed by atoms with van der Waals surface area (Å²) in [5, 5.41) is 10.9. The molecular formula is C21H23N3O4. The molecule has 3 aromatic rings. The number of aryl methyl sites for hydroxylation is 1. The molecule has 3 rings (SSSR count). The van der Waals surface area contributed by atoms with Crippen LogP contribution in [0.15, 0.2) is 52.9 Å². The monoisotopic (exact) mass is 381 g/mol. The molecule has 0 radical (unpaired) electrons. The third kappa shape index (κ3) is 5.09. The smallest absolute Gasteiger partial charge is 0.247 e. The number of amides is 1. The Labute approximate surface area is 163 Å². The number of rotatable bonds is 9. The molecule has 2 aromatic carbocycles. The molecule has 0 aliphatic rings. The van der Waals surface area contributed by atoms with Gasteiger partial charge in [0.05, 0.1) is 14.2 Å². The highest BCUT2D eigenvalue weighted by Crippen LogP contribution is 2.27. The minimum absolute atomic E-state index is 0.0556. The van der Waals surface area contributed by atoms with E-state index in [-0.39, 0.29) is 5.91 Å². The fourth-order valence-electron chi connectivity index (χ4n) is 2.74. The van der Waals surface area contributed by atoms with E-state index in [1.165, 1.54) is 0 Å². The molecule has 1 aromatic heterocycles. The Morgan fingerprint density at radius 3 is 2.54 bits per heavy atom. The van der Waals surface area contributed by atoms with Crippen LogP contribution >= 0.6 is 0 Å². The van der Waals surface area contributed by atoms with Crippen molar-refractivity contribution < 1.29 is 18.7 Å². The van der Waals surface area contributed by atoms with Crippen LogP contribution in [-0.2, 0) is 17.6 Å². The molecule has 0 aliphatic carbocycles. The summed E-state index contributed by atoms with van der Waals surface area (Å²) in [5.74, 6) is 2.22. The molecule has 0 saturated carbocycles. The highest BCUT2D eigenvalue weighted by atomic mass is 16.5. The molecule has 0 unspecified atom stereocenters. The van der Waals surface area contributed by atoms with E-state index in [1.807, 2.05) is 48.5 Å². The van der Waals surface area contributed by atoms with Gasteiger partial charge >= 0.3 is 0 Å². The second-order valence-corrected chi connectivity index (χ2v) is 6.16. The van der Waals surface area contributed by atoms with Crippen molar-refractivity contribution in [2.75, 3.05) is 20.8 Å². The molecular weight excluding hydrogens is 358 g/mol. The zero-order chi connectivity index (χ0) is 19.8. The predicted molar refractivity (Wildman–Crippen MR) is 104 cm³/mol. The van der Waals surface area contributed by atoms with E-state index < -0.39 is 0 Å². The summed E-state index contributed by atoms with van der Waals surface area (Å²) in [6, 6.07) is 15.3. The largest absolute Gasteiger partial charge is 0.493 e. The highest BCUT2D eigenvalue weighted by Gasteiger charge is 2.10. The van der Waals surface area contributed by atoms with Crippen molar-refractivity contribution in [3.05, 3.63) is 60.0 Å². The quantitative estimate of drug-likeness (QED) is 0.613. The van der Waals surface area contributed by atoms with Gasteiger partial charge < -0.3 is 19.2 Å². The third-order valence-electron chi connectivity index (χ3n) is 4.24. The molecule has 7 nitrogen and oxygen atoms in total. The second kappa shape index (κ2) is 9.55. The Bertz CT molecular complexity index is 909. The van der Waals surface area contributed by atoms with Gasteiger partial charge in [-0.15, -0.1) is 10.2 Å². The molecule has 7 heteroatoms. The van der Waals surface area contributed by atoms with Crippen molar-refractivity contribution in [1.29, 1.82) is 0 Å². The van der Waals surface area contributed by atoms with E-state index in [0.717, 1.165) is 11.1 Å². The summed E-state index contributed by atoms with van der Waals surface area (Å²) in [4.78, 5) is 12.1. The van der Waals surface area contributed by atoms with Crippen LogP contribution < -0.4 is 14.8 Å². The number of hydrogen-bond donors (Lipinski definition) is 1. The number of ether oxygens (including phenoxy) is 2. The minimum atomic E-state index is -0.0556. The van der Waals surface area contributed by atoms with Crippen molar-refractivity contribution in [2.45, 2.75) is 19.3 Å². The first-order valence-corrected chi connectivity index (χ1v) is 9.05. The Balaban J connectivity index is 1.43. The van der Waals surface area contributed by atoms with Gasteiger partial charge in [0.15, 0.2) is 11.5 Å². The molecule has 0 bridgehead atoms. The van der Waals surface area contributed by atoms with Gasteiger partial charge in [-0.3, -0.25) is 4.79 Å². The zero-order valence-corrected chi connectivity index (χ0v) is 16.0. The van der Waals surface area contributed by atoms with Gasteiger partial charge in [-0.25, -0.2) is 0 Å². The number of carbonyl (C=O) groups excluding carboxylic acids is 1. The van der Waals surface area contributed by atoms with Gasteiger partial charge in [0.25, 0.3) is 0 Å². The zero-order valence-electron chi connectivity index (χ0n) is 16.0. The summed E-state index contributed by atoms with van der Waals surface area (Å²) in [6.45, 7) is 0.535.